The van der Waals surface area contributed by atoms with E-state index in [-0.39, 0.29) is 5.56 Å². The highest BCUT2D eigenvalue weighted by molar-refractivity contribution is 5.94. The van der Waals surface area contributed by atoms with E-state index < -0.39 is 11.5 Å². The van der Waals surface area contributed by atoms with E-state index in [0.717, 1.165) is 11.3 Å². The number of H-pyrrole nitrogens is 1. The normalized spacial score (nSPS) is 10.5. The number of ether oxygens (including phenoxy) is 1. The highest BCUT2D eigenvalue weighted by Gasteiger charge is 2.12. The van der Waals surface area contributed by atoms with Gasteiger partial charge in [-0.05, 0) is 54.1 Å². The summed E-state index contributed by atoms with van der Waals surface area (Å²) in [6.07, 6.45) is 1.52. The maximum absolute atomic E-state index is 12.4. The number of rotatable bonds is 6. The minimum absolute atomic E-state index is 0.0457. The van der Waals surface area contributed by atoms with Crippen LogP contribution in [0.3, 0.4) is 0 Å². The van der Waals surface area contributed by atoms with Gasteiger partial charge in [0.25, 0.3) is 11.5 Å². The van der Waals surface area contributed by atoms with Crippen molar-refractivity contribution in [3.05, 3.63) is 107 Å². The number of benzene rings is 2. The van der Waals surface area contributed by atoms with Crippen LogP contribution in [-0.4, -0.2) is 10.9 Å². The Bertz CT molecular complexity index is 1150. The van der Waals surface area contributed by atoms with E-state index in [4.69, 9.17) is 9.15 Å². The minimum atomic E-state index is -0.469. The number of furan rings is 1. The van der Waals surface area contributed by atoms with Gasteiger partial charge in [-0.15, -0.1) is 0 Å². The van der Waals surface area contributed by atoms with Crippen molar-refractivity contribution in [2.45, 2.75) is 6.54 Å². The second-order valence-electron chi connectivity index (χ2n) is 6.33. The van der Waals surface area contributed by atoms with Gasteiger partial charge in [-0.2, -0.15) is 0 Å². The summed E-state index contributed by atoms with van der Waals surface area (Å²) in [5, 5.41) is 2.76. The molecule has 29 heavy (non-hydrogen) atoms. The van der Waals surface area contributed by atoms with Crippen LogP contribution in [0.15, 0.2) is 94.3 Å². The first kappa shape index (κ1) is 18.3. The minimum Gasteiger partial charge on any atom is -0.463 e. The molecule has 0 fully saturated rings. The zero-order chi connectivity index (χ0) is 20.1. The van der Waals surface area contributed by atoms with Crippen molar-refractivity contribution < 1.29 is 13.9 Å². The number of hydrogen-bond donors (Lipinski definition) is 2. The van der Waals surface area contributed by atoms with Crippen LogP contribution in [0.5, 0.6) is 11.5 Å². The number of nitrogens with one attached hydrogen (secondary N) is 2. The van der Waals surface area contributed by atoms with Crippen LogP contribution in [0, 0.1) is 0 Å². The van der Waals surface area contributed by atoms with E-state index in [1.807, 2.05) is 54.6 Å². The molecule has 4 aromatic rings. The molecule has 0 saturated carbocycles. The average Bonchev–Trinajstić information content (AvgIpc) is 3.29. The van der Waals surface area contributed by atoms with E-state index in [9.17, 15) is 9.59 Å². The number of aromatic nitrogens is 1. The topological polar surface area (TPSA) is 84.3 Å². The largest absolute Gasteiger partial charge is 0.463 e. The fourth-order valence-electron chi connectivity index (χ4n) is 2.81. The van der Waals surface area contributed by atoms with Gasteiger partial charge in [0.2, 0.25) is 0 Å². The van der Waals surface area contributed by atoms with Crippen LogP contribution in [0.2, 0.25) is 0 Å². The summed E-state index contributed by atoms with van der Waals surface area (Å²) < 4.78 is 11.0. The number of para-hydroxylation sites is 1. The molecular weight excluding hydrogens is 368 g/mol. The molecular formula is C23H18N2O4. The summed E-state index contributed by atoms with van der Waals surface area (Å²) in [5.74, 6) is 1.55. The van der Waals surface area contributed by atoms with Crippen molar-refractivity contribution in [1.29, 1.82) is 0 Å². The molecule has 0 bridgehead atoms. The molecule has 0 unspecified atom stereocenters. The predicted octanol–water partition coefficient (Wildman–Crippen LogP) is 4.36. The third kappa shape index (κ3) is 4.44. The summed E-state index contributed by atoms with van der Waals surface area (Å²) in [5.41, 5.74) is 0.986. The molecule has 2 N–H and O–H groups in total. The lowest BCUT2D eigenvalue weighted by molar-refractivity contribution is 0.0949. The molecule has 0 saturated heterocycles. The van der Waals surface area contributed by atoms with Crippen LogP contribution in [0.1, 0.15) is 15.9 Å². The second-order valence-corrected chi connectivity index (χ2v) is 6.33. The Balaban J connectivity index is 1.37. The molecule has 0 aliphatic rings. The fourth-order valence-corrected chi connectivity index (χ4v) is 2.81. The maximum Gasteiger partial charge on any atom is 0.261 e. The van der Waals surface area contributed by atoms with Gasteiger partial charge < -0.3 is 19.5 Å². The van der Waals surface area contributed by atoms with Crippen molar-refractivity contribution in [3.63, 3.8) is 0 Å². The highest BCUT2D eigenvalue weighted by atomic mass is 16.5. The summed E-state index contributed by atoms with van der Waals surface area (Å²) in [6, 6.07) is 23.5. The first-order valence-corrected chi connectivity index (χ1v) is 9.06. The number of amides is 1. The standard InChI is InChI=1S/C23H18N2O4/c26-22(19-12-13-20(25-23(19)27)21-7-4-14-28-21)24-15-16-8-10-18(11-9-16)29-17-5-2-1-3-6-17/h1-14H,15H2,(H,24,26)(H,25,27). The van der Waals surface area contributed by atoms with Gasteiger partial charge in [0.1, 0.15) is 22.8 Å². The third-order valence-corrected chi connectivity index (χ3v) is 4.30. The molecule has 2 aromatic heterocycles. The Morgan fingerprint density at radius 2 is 1.66 bits per heavy atom. The second kappa shape index (κ2) is 8.31. The lowest BCUT2D eigenvalue weighted by Crippen LogP contribution is -2.29. The fraction of sp³-hybridized carbons (Fsp3) is 0.0435. The van der Waals surface area contributed by atoms with Gasteiger partial charge in [-0.1, -0.05) is 30.3 Å². The molecule has 0 aliphatic carbocycles. The van der Waals surface area contributed by atoms with Crippen LogP contribution in [0.25, 0.3) is 11.5 Å². The molecule has 0 spiro atoms. The van der Waals surface area contributed by atoms with Crippen LogP contribution in [0.4, 0.5) is 0 Å². The van der Waals surface area contributed by atoms with Crippen molar-refractivity contribution >= 4 is 5.91 Å². The van der Waals surface area contributed by atoms with Crippen LogP contribution < -0.4 is 15.6 Å². The summed E-state index contributed by atoms with van der Waals surface area (Å²) >= 11 is 0. The lowest BCUT2D eigenvalue weighted by Gasteiger charge is -2.08. The molecule has 0 aliphatic heterocycles. The molecule has 1 amide bonds. The van der Waals surface area contributed by atoms with Gasteiger partial charge in [-0.25, -0.2) is 0 Å². The Labute approximate surface area is 166 Å². The first-order chi connectivity index (χ1) is 14.2. The number of carbonyl (C=O) groups excluding carboxylic acids is 1. The Morgan fingerprint density at radius 1 is 0.897 bits per heavy atom. The SMILES string of the molecule is O=C(NCc1ccc(Oc2ccccc2)cc1)c1ccc(-c2ccco2)[nH]c1=O. The van der Waals surface area contributed by atoms with E-state index >= 15 is 0 Å². The average molecular weight is 386 g/mol. The van der Waals surface area contributed by atoms with Gasteiger partial charge in [0.15, 0.2) is 0 Å². The zero-order valence-corrected chi connectivity index (χ0v) is 15.4. The van der Waals surface area contributed by atoms with E-state index in [2.05, 4.69) is 10.3 Å². The molecule has 4 rings (SSSR count). The number of aromatic amines is 1. The molecule has 6 nitrogen and oxygen atoms in total. The summed E-state index contributed by atoms with van der Waals surface area (Å²) in [6.45, 7) is 0.295. The summed E-state index contributed by atoms with van der Waals surface area (Å²) in [4.78, 5) is 27.3. The molecule has 2 heterocycles. The Hall–Kier alpha value is -4.06. The Morgan fingerprint density at radius 3 is 2.34 bits per heavy atom. The predicted molar refractivity (Wildman–Crippen MR) is 109 cm³/mol. The molecule has 6 heteroatoms. The van der Waals surface area contributed by atoms with Gasteiger partial charge in [0.05, 0.1) is 12.0 Å². The first-order valence-electron chi connectivity index (χ1n) is 9.06. The summed E-state index contributed by atoms with van der Waals surface area (Å²) in [7, 11) is 0. The van der Waals surface area contributed by atoms with E-state index in [1.54, 1.807) is 18.2 Å². The van der Waals surface area contributed by atoms with Crippen molar-refractivity contribution in [2.75, 3.05) is 0 Å². The van der Waals surface area contributed by atoms with Gasteiger partial charge in [-0.3, -0.25) is 9.59 Å². The highest BCUT2D eigenvalue weighted by Crippen LogP contribution is 2.21. The molecule has 0 radical (unpaired) electrons. The number of pyridine rings is 1. The van der Waals surface area contributed by atoms with Crippen molar-refractivity contribution in [1.82, 2.24) is 10.3 Å². The van der Waals surface area contributed by atoms with Crippen LogP contribution >= 0.6 is 0 Å². The number of carbonyl (C=O) groups is 1. The zero-order valence-electron chi connectivity index (χ0n) is 15.4. The van der Waals surface area contributed by atoms with Gasteiger partial charge in [0, 0.05) is 6.54 Å². The smallest absolute Gasteiger partial charge is 0.261 e. The van der Waals surface area contributed by atoms with E-state index in [0.29, 0.717) is 23.7 Å². The lowest BCUT2D eigenvalue weighted by atomic mass is 10.2. The molecule has 144 valence electrons. The molecule has 0 atom stereocenters. The quantitative estimate of drug-likeness (QED) is 0.516. The maximum atomic E-state index is 12.4. The molecule has 2 aromatic carbocycles. The van der Waals surface area contributed by atoms with Crippen LogP contribution in [-0.2, 0) is 6.54 Å². The van der Waals surface area contributed by atoms with Crippen molar-refractivity contribution in [2.24, 2.45) is 0 Å². The Kier molecular flexibility index (Phi) is 5.25. The monoisotopic (exact) mass is 386 g/mol. The van der Waals surface area contributed by atoms with Gasteiger partial charge >= 0.3 is 0 Å². The number of hydrogen-bond acceptors (Lipinski definition) is 4. The third-order valence-electron chi connectivity index (χ3n) is 4.30. The van der Waals surface area contributed by atoms with Crippen molar-refractivity contribution in [3.8, 4) is 23.0 Å². The van der Waals surface area contributed by atoms with E-state index in [1.165, 1.54) is 12.3 Å².